The van der Waals surface area contributed by atoms with Crippen molar-refractivity contribution in [2.24, 2.45) is 7.05 Å². The fourth-order valence-corrected chi connectivity index (χ4v) is 0.785. The Morgan fingerprint density at radius 2 is 2.54 bits per heavy atom. The lowest BCUT2D eigenvalue weighted by Gasteiger charge is -1.92. The third kappa shape index (κ3) is 3.06. The summed E-state index contributed by atoms with van der Waals surface area (Å²) >= 11 is 0. The molecule has 0 bridgehead atoms. The Morgan fingerprint density at radius 1 is 1.77 bits per heavy atom. The molecule has 0 aliphatic heterocycles. The maximum absolute atomic E-state index is 10.9. The van der Waals surface area contributed by atoms with E-state index in [-0.39, 0.29) is 5.97 Å². The van der Waals surface area contributed by atoms with Crippen molar-refractivity contribution in [3.05, 3.63) is 18.0 Å². The Bertz CT molecular complexity index is 317. The normalized spacial score (nSPS) is 10.6. The molecule has 0 spiro atoms. The van der Waals surface area contributed by atoms with Gasteiger partial charge in [0.05, 0.1) is 12.8 Å². The largest absolute Gasteiger partial charge is 0.463 e. The minimum absolute atomic E-state index is 0.367. The summed E-state index contributed by atoms with van der Waals surface area (Å²) in [6, 6.07) is 0. The van der Waals surface area contributed by atoms with Crippen LogP contribution in [-0.4, -0.2) is 27.6 Å². The standard InChI is InChI=1S/C8H11N3O2/c1-3-13-8(12)5-4-7-6-11(2)10-9-7/h4-6H,3H2,1-2H3/b5-4+. The molecule has 1 heterocycles. The van der Waals surface area contributed by atoms with E-state index in [9.17, 15) is 4.79 Å². The Balaban J connectivity index is 2.53. The fourth-order valence-electron chi connectivity index (χ4n) is 0.785. The SMILES string of the molecule is CCOC(=O)/C=C/c1cn(C)nn1. The number of hydrogen-bond donors (Lipinski definition) is 0. The van der Waals surface area contributed by atoms with Crippen LogP contribution in [-0.2, 0) is 16.6 Å². The fraction of sp³-hybridized carbons (Fsp3) is 0.375. The number of esters is 1. The van der Waals surface area contributed by atoms with Gasteiger partial charge in [-0.1, -0.05) is 5.21 Å². The monoisotopic (exact) mass is 181 g/mol. The van der Waals surface area contributed by atoms with E-state index in [0.29, 0.717) is 12.3 Å². The summed E-state index contributed by atoms with van der Waals surface area (Å²) in [5.74, 6) is -0.367. The molecule has 0 aliphatic rings. The second-order valence-electron chi connectivity index (χ2n) is 2.40. The van der Waals surface area contributed by atoms with Gasteiger partial charge in [0.15, 0.2) is 0 Å². The van der Waals surface area contributed by atoms with Gasteiger partial charge >= 0.3 is 5.97 Å². The van der Waals surface area contributed by atoms with E-state index in [0.717, 1.165) is 0 Å². The molecule has 0 N–H and O–H groups in total. The van der Waals surface area contributed by atoms with E-state index in [1.165, 1.54) is 6.08 Å². The lowest BCUT2D eigenvalue weighted by molar-refractivity contribution is -0.137. The van der Waals surface area contributed by atoms with Crippen LogP contribution < -0.4 is 0 Å². The molecule has 0 saturated carbocycles. The molecule has 0 fully saturated rings. The van der Waals surface area contributed by atoms with Gasteiger partial charge in [-0.25, -0.2) is 4.79 Å². The van der Waals surface area contributed by atoms with Gasteiger partial charge in [0, 0.05) is 13.1 Å². The lowest BCUT2D eigenvalue weighted by Crippen LogP contribution is -1.98. The van der Waals surface area contributed by atoms with Gasteiger partial charge in [0.1, 0.15) is 5.69 Å². The summed E-state index contributed by atoms with van der Waals surface area (Å²) in [6.45, 7) is 2.14. The van der Waals surface area contributed by atoms with Gasteiger partial charge in [-0.3, -0.25) is 4.68 Å². The first-order valence-corrected chi connectivity index (χ1v) is 3.93. The topological polar surface area (TPSA) is 57.0 Å². The van der Waals surface area contributed by atoms with E-state index >= 15 is 0 Å². The summed E-state index contributed by atoms with van der Waals surface area (Å²) < 4.78 is 6.25. The maximum Gasteiger partial charge on any atom is 0.330 e. The van der Waals surface area contributed by atoms with Crippen LogP contribution in [0.1, 0.15) is 12.6 Å². The van der Waals surface area contributed by atoms with Crippen molar-refractivity contribution in [1.29, 1.82) is 0 Å². The van der Waals surface area contributed by atoms with E-state index in [2.05, 4.69) is 15.0 Å². The number of carbonyl (C=O) groups excluding carboxylic acids is 1. The molecule has 0 unspecified atom stereocenters. The summed E-state index contributed by atoms with van der Waals surface area (Å²) in [6.07, 6.45) is 4.59. The van der Waals surface area contributed by atoms with Gasteiger partial charge in [0.2, 0.25) is 0 Å². The average molecular weight is 181 g/mol. The average Bonchev–Trinajstić information content (AvgIpc) is 2.49. The molecule has 0 amide bonds. The van der Waals surface area contributed by atoms with E-state index in [1.54, 1.807) is 30.9 Å². The second-order valence-corrected chi connectivity index (χ2v) is 2.40. The predicted octanol–water partition coefficient (Wildman–Crippen LogP) is 0.391. The highest BCUT2D eigenvalue weighted by molar-refractivity contribution is 5.86. The molecule has 1 aromatic rings. The first-order valence-electron chi connectivity index (χ1n) is 3.93. The molecule has 1 rings (SSSR count). The van der Waals surface area contributed by atoms with Crippen molar-refractivity contribution in [3.8, 4) is 0 Å². The first-order chi connectivity index (χ1) is 6.22. The van der Waals surface area contributed by atoms with Crippen LogP contribution in [0.5, 0.6) is 0 Å². The molecule has 0 atom stereocenters. The quantitative estimate of drug-likeness (QED) is 0.500. The van der Waals surface area contributed by atoms with Crippen LogP contribution in [0.25, 0.3) is 6.08 Å². The number of carbonyl (C=O) groups is 1. The van der Waals surface area contributed by atoms with Crippen LogP contribution in [0.2, 0.25) is 0 Å². The molecular weight excluding hydrogens is 170 g/mol. The highest BCUT2D eigenvalue weighted by atomic mass is 16.5. The molecule has 0 aromatic carbocycles. The molecule has 0 aliphatic carbocycles. The van der Waals surface area contributed by atoms with E-state index in [4.69, 9.17) is 0 Å². The number of rotatable bonds is 3. The van der Waals surface area contributed by atoms with Crippen LogP contribution >= 0.6 is 0 Å². The third-order valence-electron chi connectivity index (χ3n) is 1.30. The van der Waals surface area contributed by atoms with Crippen molar-refractivity contribution in [1.82, 2.24) is 15.0 Å². The molecule has 70 valence electrons. The van der Waals surface area contributed by atoms with Crippen molar-refractivity contribution >= 4 is 12.0 Å². The zero-order chi connectivity index (χ0) is 9.68. The zero-order valence-electron chi connectivity index (χ0n) is 7.60. The summed E-state index contributed by atoms with van der Waals surface area (Å²) in [5, 5.41) is 7.47. The van der Waals surface area contributed by atoms with Crippen molar-refractivity contribution in [2.75, 3.05) is 6.61 Å². The van der Waals surface area contributed by atoms with Crippen LogP contribution in [0.4, 0.5) is 0 Å². The van der Waals surface area contributed by atoms with Gasteiger partial charge in [-0.15, -0.1) is 5.10 Å². The number of aromatic nitrogens is 3. The van der Waals surface area contributed by atoms with Gasteiger partial charge in [-0.05, 0) is 13.0 Å². The lowest BCUT2D eigenvalue weighted by atomic mass is 10.4. The van der Waals surface area contributed by atoms with Crippen LogP contribution in [0, 0.1) is 0 Å². The minimum Gasteiger partial charge on any atom is -0.463 e. The number of aryl methyl sites for hydroxylation is 1. The molecular formula is C8H11N3O2. The Labute approximate surface area is 76.0 Å². The number of hydrogen-bond acceptors (Lipinski definition) is 4. The maximum atomic E-state index is 10.9. The van der Waals surface area contributed by atoms with Crippen molar-refractivity contribution in [3.63, 3.8) is 0 Å². The van der Waals surface area contributed by atoms with E-state index in [1.807, 2.05) is 0 Å². The summed E-state index contributed by atoms with van der Waals surface area (Å²) in [4.78, 5) is 10.9. The second kappa shape index (κ2) is 4.39. The van der Waals surface area contributed by atoms with Crippen LogP contribution in [0.3, 0.4) is 0 Å². The highest BCUT2D eigenvalue weighted by Crippen LogP contribution is 1.95. The molecule has 13 heavy (non-hydrogen) atoms. The Kier molecular flexibility index (Phi) is 3.19. The van der Waals surface area contributed by atoms with Gasteiger partial charge in [-0.2, -0.15) is 0 Å². The summed E-state index contributed by atoms with van der Waals surface area (Å²) in [7, 11) is 1.76. The smallest absolute Gasteiger partial charge is 0.330 e. The molecule has 1 aromatic heterocycles. The molecule has 0 radical (unpaired) electrons. The zero-order valence-corrected chi connectivity index (χ0v) is 7.60. The highest BCUT2D eigenvalue weighted by Gasteiger charge is 1.95. The molecule has 5 heteroatoms. The summed E-state index contributed by atoms with van der Waals surface area (Å²) in [5.41, 5.74) is 0.635. The van der Waals surface area contributed by atoms with Gasteiger partial charge in [0.25, 0.3) is 0 Å². The van der Waals surface area contributed by atoms with Gasteiger partial charge < -0.3 is 4.74 Å². The number of nitrogens with zero attached hydrogens (tertiary/aromatic N) is 3. The number of ether oxygens (including phenoxy) is 1. The third-order valence-corrected chi connectivity index (χ3v) is 1.30. The Hall–Kier alpha value is -1.65. The predicted molar refractivity (Wildman–Crippen MR) is 46.7 cm³/mol. The minimum atomic E-state index is -0.367. The Morgan fingerprint density at radius 3 is 3.08 bits per heavy atom. The first kappa shape index (κ1) is 9.44. The van der Waals surface area contributed by atoms with E-state index < -0.39 is 0 Å². The van der Waals surface area contributed by atoms with Crippen molar-refractivity contribution in [2.45, 2.75) is 6.92 Å². The molecule has 0 saturated heterocycles. The molecule has 5 nitrogen and oxygen atoms in total. The van der Waals surface area contributed by atoms with Crippen molar-refractivity contribution < 1.29 is 9.53 Å². The van der Waals surface area contributed by atoms with Crippen LogP contribution in [0.15, 0.2) is 12.3 Å².